The maximum Gasteiger partial charge on any atom is 0.258 e. The lowest BCUT2D eigenvalue weighted by Gasteiger charge is -2.21. The number of benzene rings is 1. The molecule has 0 unspecified atom stereocenters. The number of pyridine rings is 1. The van der Waals surface area contributed by atoms with Crippen molar-refractivity contribution in [3.63, 3.8) is 0 Å². The molecule has 150 valence electrons. The highest BCUT2D eigenvalue weighted by Gasteiger charge is 2.15. The van der Waals surface area contributed by atoms with Crippen LogP contribution in [-0.4, -0.2) is 33.8 Å². The number of rotatable bonds is 4. The standard InChI is InChI=1S/C22H24FN5O/c1-16-14-21(28(26-16)19-9-7-18(23)8-10-19)25-22(29)17-6-11-20(24-15-17)27-12-4-2-3-5-13-27/h6-11,14-15H,2-5,12-13H2,1H3,(H,25,29). The van der Waals surface area contributed by atoms with Crippen LogP contribution in [0.4, 0.5) is 16.0 Å². The molecule has 1 N–H and O–H groups in total. The lowest BCUT2D eigenvalue weighted by Crippen LogP contribution is -2.25. The number of anilines is 2. The predicted molar refractivity (Wildman–Crippen MR) is 111 cm³/mol. The second-order valence-electron chi connectivity index (χ2n) is 7.32. The smallest absolute Gasteiger partial charge is 0.258 e. The van der Waals surface area contributed by atoms with E-state index in [1.165, 1.54) is 37.8 Å². The normalized spacial score (nSPS) is 14.5. The summed E-state index contributed by atoms with van der Waals surface area (Å²) in [6, 6.07) is 11.5. The van der Waals surface area contributed by atoms with Gasteiger partial charge in [0.1, 0.15) is 17.5 Å². The first-order valence-corrected chi connectivity index (χ1v) is 9.95. The molecule has 1 saturated heterocycles. The van der Waals surface area contributed by atoms with Crippen molar-refractivity contribution < 1.29 is 9.18 Å². The number of hydrogen-bond donors (Lipinski definition) is 1. The SMILES string of the molecule is Cc1cc(NC(=O)c2ccc(N3CCCCCC3)nc2)n(-c2ccc(F)cc2)n1. The topological polar surface area (TPSA) is 63.1 Å². The first-order valence-electron chi connectivity index (χ1n) is 9.95. The van der Waals surface area contributed by atoms with Gasteiger partial charge in [-0.3, -0.25) is 4.79 Å². The van der Waals surface area contributed by atoms with E-state index in [2.05, 4.69) is 20.3 Å². The largest absolute Gasteiger partial charge is 0.357 e. The number of hydrogen-bond acceptors (Lipinski definition) is 4. The zero-order valence-corrected chi connectivity index (χ0v) is 16.4. The fourth-order valence-corrected chi connectivity index (χ4v) is 3.56. The number of nitrogens with one attached hydrogen (secondary N) is 1. The average molecular weight is 393 g/mol. The van der Waals surface area contributed by atoms with Gasteiger partial charge in [-0.25, -0.2) is 14.1 Å². The van der Waals surface area contributed by atoms with Crippen LogP contribution in [-0.2, 0) is 0 Å². The predicted octanol–water partition coefficient (Wildman–Crippen LogP) is 4.35. The first kappa shape index (κ1) is 19.1. The molecule has 3 heterocycles. The van der Waals surface area contributed by atoms with Crippen molar-refractivity contribution in [2.24, 2.45) is 0 Å². The minimum Gasteiger partial charge on any atom is -0.357 e. The van der Waals surface area contributed by atoms with Gasteiger partial charge < -0.3 is 10.2 Å². The fourth-order valence-electron chi connectivity index (χ4n) is 3.56. The van der Waals surface area contributed by atoms with Crippen molar-refractivity contribution in [1.29, 1.82) is 0 Å². The lowest BCUT2D eigenvalue weighted by molar-refractivity contribution is 0.102. The zero-order valence-electron chi connectivity index (χ0n) is 16.4. The third-order valence-electron chi connectivity index (χ3n) is 5.08. The van der Waals surface area contributed by atoms with Gasteiger partial charge in [-0.1, -0.05) is 12.8 Å². The quantitative estimate of drug-likeness (QED) is 0.716. The van der Waals surface area contributed by atoms with E-state index in [1.807, 2.05) is 13.0 Å². The van der Waals surface area contributed by atoms with Crippen LogP contribution in [0, 0.1) is 12.7 Å². The Morgan fingerprint density at radius 2 is 1.76 bits per heavy atom. The summed E-state index contributed by atoms with van der Waals surface area (Å²) in [6.45, 7) is 3.86. The lowest BCUT2D eigenvalue weighted by atomic mass is 10.2. The number of nitrogens with zero attached hydrogens (tertiary/aromatic N) is 4. The van der Waals surface area contributed by atoms with E-state index in [0.29, 0.717) is 17.1 Å². The molecular formula is C22H24FN5O. The third-order valence-corrected chi connectivity index (χ3v) is 5.08. The summed E-state index contributed by atoms with van der Waals surface area (Å²) >= 11 is 0. The molecular weight excluding hydrogens is 369 g/mol. The Morgan fingerprint density at radius 3 is 2.41 bits per heavy atom. The van der Waals surface area contributed by atoms with Gasteiger partial charge in [-0.15, -0.1) is 0 Å². The van der Waals surface area contributed by atoms with E-state index in [1.54, 1.807) is 35.1 Å². The molecule has 0 spiro atoms. The summed E-state index contributed by atoms with van der Waals surface area (Å²) < 4.78 is 14.8. The Bertz CT molecular complexity index is 973. The van der Waals surface area contributed by atoms with Crippen molar-refractivity contribution in [3.05, 3.63) is 65.7 Å². The fraction of sp³-hybridized carbons (Fsp3) is 0.318. The minimum atomic E-state index is -0.321. The number of aromatic nitrogens is 3. The first-order chi connectivity index (χ1) is 14.1. The van der Waals surface area contributed by atoms with Crippen molar-refractivity contribution in [3.8, 4) is 5.69 Å². The van der Waals surface area contributed by atoms with Crippen LogP contribution < -0.4 is 10.2 Å². The Kier molecular flexibility index (Phi) is 5.55. The molecule has 1 amide bonds. The van der Waals surface area contributed by atoms with Crippen LogP contribution in [0.25, 0.3) is 5.69 Å². The highest BCUT2D eigenvalue weighted by atomic mass is 19.1. The molecule has 0 radical (unpaired) electrons. The molecule has 4 rings (SSSR count). The van der Waals surface area contributed by atoms with Gasteiger partial charge in [0, 0.05) is 25.4 Å². The highest BCUT2D eigenvalue weighted by molar-refractivity contribution is 6.03. The van der Waals surface area contributed by atoms with Crippen LogP contribution in [0.3, 0.4) is 0 Å². The van der Waals surface area contributed by atoms with Crippen molar-refractivity contribution in [1.82, 2.24) is 14.8 Å². The average Bonchev–Trinajstić information content (AvgIpc) is 2.93. The zero-order chi connectivity index (χ0) is 20.2. The maximum absolute atomic E-state index is 13.2. The summed E-state index contributed by atoms with van der Waals surface area (Å²) in [5.74, 6) is 0.855. The number of halogens is 1. The molecule has 1 fully saturated rings. The molecule has 0 atom stereocenters. The Balaban J connectivity index is 1.50. The van der Waals surface area contributed by atoms with E-state index in [9.17, 15) is 9.18 Å². The molecule has 29 heavy (non-hydrogen) atoms. The molecule has 1 aliphatic heterocycles. The van der Waals surface area contributed by atoms with Gasteiger partial charge >= 0.3 is 0 Å². The summed E-state index contributed by atoms with van der Waals surface area (Å²) in [4.78, 5) is 19.5. The van der Waals surface area contributed by atoms with Gasteiger partial charge in [0.2, 0.25) is 0 Å². The Hall–Kier alpha value is -3.22. The molecule has 2 aromatic heterocycles. The number of carbonyl (C=O) groups is 1. The number of carbonyl (C=O) groups excluding carboxylic acids is 1. The van der Waals surface area contributed by atoms with Gasteiger partial charge in [0.15, 0.2) is 0 Å². The van der Waals surface area contributed by atoms with Gasteiger partial charge in [0.05, 0.1) is 16.9 Å². The van der Waals surface area contributed by atoms with Crippen LogP contribution in [0.1, 0.15) is 41.7 Å². The van der Waals surface area contributed by atoms with Gasteiger partial charge in [0.25, 0.3) is 5.91 Å². The van der Waals surface area contributed by atoms with Crippen LogP contribution >= 0.6 is 0 Å². The van der Waals surface area contributed by atoms with E-state index in [-0.39, 0.29) is 11.7 Å². The Labute approximate surface area is 169 Å². The molecule has 1 aromatic carbocycles. The molecule has 6 nitrogen and oxygen atoms in total. The summed E-state index contributed by atoms with van der Waals surface area (Å²) in [5, 5.41) is 7.28. The van der Waals surface area contributed by atoms with E-state index in [4.69, 9.17) is 0 Å². The van der Waals surface area contributed by atoms with E-state index < -0.39 is 0 Å². The van der Waals surface area contributed by atoms with Crippen LogP contribution in [0.2, 0.25) is 0 Å². The third kappa shape index (κ3) is 4.45. The summed E-state index contributed by atoms with van der Waals surface area (Å²) in [5.41, 5.74) is 1.90. The minimum absolute atomic E-state index is 0.261. The Morgan fingerprint density at radius 1 is 1.03 bits per heavy atom. The second kappa shape index (κ2) is 8.43. The van der Waals surface area contributed by atoms with Crippen LogP contribution in [0.5, 0.6) is 0 Å². The summed E-state index contributed by atoms with van der Waals surface area (Å²) in [6.07, 6.45) is 6.49. The number of amides is 1. The molecule has 0 aliphatic carbocycles. The monoisotopic (exact) mass is 393 g/mol. The van der Waals surface area contributed by atoms with Crippen molar-refractivity contribution in [2.75, 3.05) is 23.3 Å². The molecule has 0 saturated carbocycles. The molecule has 7 heteroatoms. The van der Waals surface area contributed by atoms with Gasteiger partial charge in [-0.05, 0) is 56.2 Å². The van der Waals surface area contributed by atoms with Crippen molar-refractivity contribution in [2.45, 2.75) is 32.6 Å². The number of aryl methyl sites for hydroxylation is 1. The molecule has 1 aliphatic rings. The van der Waals surface area contributed by atoms with E-state index in [0.717, 1.165) is 24.6 Å². The second-order valence-corrected chi connectivity index (χ2v) is 7.32. The molecule has 3 aromatic rings. The maximum atomic E-state index is 13.2. The summed E-state index contributed by atoms with van der Waals surface area (Å²) in [7, 11) is 0. The van der Waals surface area contributed by atoms with Gasteiger partial charge in [-0.2, -0.15) is 5.10 Å². The van der Waals surface area contributed by atoms with E-state index >= 15 is 0 Å². The molecule has 0 bridgehead atoms. The van der Waals surface area contributed by atoms with Crippen LogP contribution in [0.15, 0.2) is 48.7 Å². The van der Waals surface area contributed by atoms with Crippen molar-refractivity contribution >= 4 is 17.5 Å². The highest BCUT2D eigenvalue weighted by Crippen LogP contribution is 2.20.